The van der Waals surface area contributed by atoms with E-state index in [0.29, 0.717) is 23.4 Å². The third kappa shape index (κ3) is 11.7. The van der Waals surface area contributed by atoms with Crippen LogP contribution in [0.1, 0.15) is 0 Å². The lowest BCUT2D eigenvalue weighted by molar-refractivity contribution is 0.992. The van der Waals surface area contributed by atoms with Crippen LogP contribution in [-0.4, -0.2) is 47.8 Å². The molecule has 18 aromatic carbocycles. The minimum absolute atomic E-state index is 0.629. The molecule has 0 aliphatic heterocycles. The summed E-state index contributed by atoms with van der Waals surface area (Å²) in [6.07, 6.45) is 1.88. The van der Waals surface area contributed by atoms with Crippen molar-refractivity contribution in [1.29, 1.82) is 0 Å². The van der Waals surface area contributed by atoms with Crippen molar-refractivity contribution in [3.8, 4) is 96.4 Å². The highest BCUT2D eigenvalue weighted by molar-refractivity contribution is 7.27. The van der Waals surface area contributed by atoms with Crippen LogP contribution in [0.3, 0.4) is 0 Å². The van der Waals surface area contributed by atoms with Gasteiger partial charge < -0.3 is 18.3 Å². The number of hydrogen-bond acceptors (Lipinski definition) is 7. The second-order valence-corrected chi connectivity index (χ2v) is 34.7. The quantitative estimate of drug-likeness (QED) is 0.129. The van der Waals surface area contributed by atoms with Crippen LogP contribution in [-0.2, 0) is 0 Å². The third-order valence-electron chi connectivity index (χ3n) is 25.5. The number of nitrogens with zero attached hydrogens (tertiary/aromatic N) is 10. The number of para-hydroxylation sites is 6. The van der Waals surface area contributed by atoms with E-state index in [1.165, 1.54) is 133 Å². The van der Waals surface area contributed by atoms with Gasteiger partial charge in [0.15, 0.2) is 17.5 Å². The molecule has 0 amide bonds. The summed E-state index contributed by atoms with van der Waals surface area (Å²) in [4.78, 5) is 25.2. The Morgan fingerprint density at radius 1 is 0.181 bits per heavy atom. The highest BCUT2D eigenvalue weighted by Crippen LogP contribution is 2.49. The molecular weight excluding hydrogens is 1590 g/mol. The molecule has 10 nitrogen and oxygen atoms in total. The van der Waals surface area contributed by atoms with E-state index in [1.54, 1.807) is 0 Å². The lowest BCUT2D eigenvalue weighted by Crippen LogP contribution is -2.02. The van der Waals surface area contributed by atoms with Gasteiger partial charge in [0.05, 0.1) is 60.9 Å². The maximum Gasteiger partial charge on any atom is 0.235 e. The van der Waals surface area contributed by atoms with E-state index in [4.69, 9.17) is 24.9 Å². The molecule has 9 aromatic heterocycles. The van der Waals surface area contributed by atoms with Gasteiger partial charge in [-0.25, -0.2) is 24.9 Å². The van der Waals surface area contributed by atoms with Crippen LogP contribution in [0.25, 0.3) is 246 Å². The fourth-order valence-corrected chi connectivity index (χ4v) is 22.3. The summed E-state index contributed by atoms with van der Waals surface area (Å²) in [7, 11) is 0. The highest BCUT2D eigenvalue weighted by Gasteiger charge is 2.25. The van der Waals surface area contributed by atoms with Gasteiger partial charge in [-0.1, -0.05) is 267 Å². The number of aromatic nitrogens is 10. The monoisotopic (exact) mass is 1650 g/mol. The molecule has 0 radical (unpaired) electrons. The van der Waals surface area contributed by atoms with Crippen LogP contribution in [0.2, 0.25) is 0 Å². The predicted molar refractivity (Wildman–Crippen MR) is 532 cm³/mol. The zero-order valence-corrected chi connectivity index (χ0v) is 69.8. The van der Waals surface area contributed by atoms with E-state index in [2.05, 4.69) is 375 Å². The molecule has 27 aromatic rings. The molecular formula is C115H70N10S2. The third-order valence-corrected chi connectivity index (χ3v) is 27.9. The zero-order valence-electron chi connectivity index (χ0n) is 68.2. The molecule has 0 N–H and O–H groups in total. The van der Waals surface area contributed by atoms with E-state index in [1.807, 2.05) is 95.6 Å². The first-order valence-corrected chi connectivity index (χ1v) is 44.5. The molecule has 9 heterocycles. The Hall–Kier alpha value is -16.5. The SMILES string of the molecule is c1ccc(-c2nc(-c3ccccc3)nc(-c3cccc(-n4c5ccccc5c5cc(-c6ccc7c(c6)c6c8sc9ccccc9c8ccc6n7-c6ccccc6)ccc54)c3)n2)cc1.c1ccc(-n2c3ccc(-c4ccc5c(c4)c4ccccc4n5-c4nccc(-c5cccc(-n6c7ccccc7c7ccccc76)c5)n4)cc3c3c4sc5ccccc5c4ccc32)cc1. The Labute approximate surface area is 735 Å². The Morgan fingerprint density at radius 2 is 0.496 bits per heavy atom. The topological polar surface area (TPSA) is 89.1 Å². The summed E-state index contributed by atoms with van der Waals surface area (Å²) in [5.41, 5.74) is 25.5. The molecule has 0 unspecified atom stereocenters. The normalized spacial score (nSPS) is 11.9. The molecule has 592 valence electrons. The van der Waals surface area contributed by atoms with Crippen molar-refractivity contribution in [3.05, 3.63) is 425 Å². The van der Waals surface area contributed by atoms with Gasteiger partial charge in [0.25, 0.3) is 0 Å². The van der Waals surface area contributed by atoms with Crippen LogP contribution in [0.4, 0.5) is 0 Å². The first-order chi connectivity index (χ1) is 63.0. The number of thiophene rings is 2. The highest BCUT2D eigenvalue weighted by atomic mass is 32.1. The summed E-state index contributed by atoms with van der Waals surface area (Å²) >= 11 is 3.78. The van der Waals surface area contributed by atoms with Crippen LogP contribution >= 0.6 is 22.7 Å². The predicted octanol–water partition coefficient (Wildman–Crippen LogP) is 30.6. The Bertz CT molecular complexity index is 9060. The van der Waals surface area contributed by atoms with Gasteiger partial charge in [0, 0.05) is 145 Å². The first kappa shape index (κ1) is 72.2. The molecule has 0 saturated carbocycles. The Morgan fingerprint density at radius 3 is 0.953 bits per heavy atom. The van der Waals surface area contributed by atoms with Gasteiger partial charge in [-0.2, -0.15) is 0 Å². The van der Waals surface area contributed by atoms with Gasteiger partial charge in [0.1, 0.15) is 0 Å². The van der Waals surface area contributed by atoms with E-state index in [0.717, 1.165) is 89.1 Å². The van der Waals surface area contributed by atoms with Gasteiger partial charge in [-0.3, -0.25) is 4.57 Å². The molecule has 12 heteroatoms. The lowest BCUT2D eigenvalue weighted by atomic mass is 10.00. The summed E-state index contributed by atoms with van der Waals surface area (Å²) in [5.74, 6) is 2.56. The van der Waals surface area contributed by atoms with Gasteiger partial charge in [-0.15, -0.1) is 22.7 Å². The maximum atomic E-state index is 5.29. The number of rotatable bonds is 11. The van der Waals surface area contributed by atoms with Crippen molar-refractivity contribution in [1.82, 2.24) is 47.8 Å². The van der Waals surface area contributed by atoms with Crippen LogP contribution < -0.4 is 0 Å². The molecule has 0 aliphatic carbocycles. The Kier molecular flexibility index (Phi) is 16.5. The number of hydrogen-bond donors (Lipinski definition) is 0. The molecule has 0 fully saturated rings. The number of fused-ring (bicyclic) bond motifs is 23. The molecule has 0 bridgehead atoms. The minimum Gasteiger partial charge on any atom is -0.309 e. The second kappa shape index (κ2) is 29.1. The van der Waals surface area contributed by atoms with Crippen molar-refractivity contribution < 1.29 is 0 Å². The molecule has 0 spiro atoms. The van der Waals surface area contributed by atoms with Gasteiger partial charge in [-0.05, 0) is 174 Å². The maximum absolute atomic E-state index is 5.29. The van der Waals surface area contributed by atoms with Crippen LogP contribution in [0.5, 0.6) is 0 Å². The average molecular weight is 1660 g/mol. The Balaban J connectivity index is 0.000000135. The molecule has 127 heavy (non-hydrogen) atoms. The lowest BCUT2D eigenvalue weighted by Gasteiger charge is -2.12. The summed E-state index contributed by atoms with van der Waals surface area (Å²) in [6.45, 7) is 0. The van der Waals surface area contributed by atoms with Crippen molar-refractivity contribution in [2.24, 2.45) is 0 Å². The zero-order chi connectivity index (χ0) is 83.3. The molecule has 0 atom stereocenters. The minimum atomic E-state index is 0.629. The van der Waals surface area contributed by atoms with Crippen molar-refractivity contribution in [3.63, 3.8) is 0 Å². The molecule has 0 saturated heterocycles. The van der Waals surface area contributed by atoms with Gasteiger partial charge in [0.2, 0.25) is 5.95 Å². The average Bonchev–Trinajstić information content (AvgIpc) is 1.56. The second-order valence-electron chi connectivity index (χ2n) is 32.6. The summed E-state index contributed by atoms with van der Waals surface area (Å²) < 4.78 is 17.1. The van der Waals surface area contributed by atoms with E-state index in [9.17, 15) is 0 Å². The van der Waals surface area contributed by atoms with Crippen molar-refractivity contribution >= 4 is 172 Å². The van der Waals surface area contributed by atoms with E-state index >= 15 is 0 Å². The molecule has 27 rings (SSSR count). The number of benzene rings is 18. The summed E-state index contributed by atoms with van der Waals surface area (Å²) in [6, 6.07) is 150. The fourth-order valence-electron chi connectivity index (χ4n) is 19.8. The van der Waals surface area contributed by atoms with Crippen molar-refractivity contribution in [2.45, 2.75) is 0 Å². The fraction of sp³-hybridized carbons (Fsp3) is 0. The standard InChI is InChI=1S/C58H35N5S.C57H35N5S/c1-2-14-39(15-3-1)61-53-29-26-37(35-47(53)56-54(61)30-27-45-44-20-7-11-24-55(44)64-57(45)56)36-25-28-52-46(34-36)43-19-6-10-23-51(43)63(52)58-59-32-31-48(60-58)38-13-12-16-40(33-38)62-49-21-8-4-17-41(49)42-18-5-9-22-50(42)62;1-4-15-36(16-5-1)55-58-56(37-17-6-2-7-18-37)60-57(59-55)40-19-14-22-42(33-40)62-48-25-12-10-23-43(48)46-34-38(27-30-49(46)62)39-28-31-50-47(35-39)53-51(61(50)41-20-8-3-9-21-41)32-29-45-44-24-11-13-26-52(44)63-54(45)53/h1-35H;1-35H. The van der Waals surface area contributed by atoms with E-state index in [-0.39, 0.29) is 0 Å². The summed E-state index contributed by atoms with van der Waals surface area (Å²) in [5, 5.41) is 17.6. The van der Waals surface area contributed by atoms with Crippen LogP contribution in [0.15, 0.2) is 425 Å². The smallest absolute Gasteiger partial charge is 0.235 e. The van der Waals surface area contributed by atoms with Crippen molar-refractivity contribution in [2.75, 3.05) is 0 Å². The van der Waals surface area contributed by atoms with E-state index < -0.39 is 0 Å². The van der Waals surface area contributed by atoms with Gasteiger partial charge >= 0.3 is 0 Å². The first-order valence-electron chi connectivity index (χ1n) is 42.8. The largest absolute Gasteiger partial charge is 0.309 e. The van der Waals surface area contributed by atoms with Crippen LogP contribution in [0, 0.1) is 0 Å². The molecule has 0 aliphatic rings.